The van der Waals surface area contributed by atoms with Gasteiger partial charge in [0.05, 0.1) is 0 Å². The van der Waals surface area contributed by atoms with Gasteiger partial charge in [0.2, 0.25) is 0 Å². The molecule has 0 amide bonds. The van der Waals surface area contributed by atoms with Gasteiger partial charge in [-0.2, -0.15) is 0 Å². The smallest absolute Gasteiger partial charge is 0.366 e. The Kier molecular flexibility index (Phi) is 8.95. The van der Waals surface area contributed by atoms with Crippen molar-refractivity contribution >= 4 is 46.8 Å². The van der Waals surface area contributed by atoms with Crippen molar-refractivity contribution < 1.29 is 33.4 Å². The van der Waals surface area contributed by atoms with Gasteiger partial charge in [0.1, 0.15) is 12.2 Å². The zero-order valence-corrected chi connectivity index (χ0v) is 11.3. The van der Waals surface area contributed by atoms with E-state index in [1.807, 2.05) is 0 Å². The third kappa shape index (κ3) is 5.63. The molecule has 0 heterocycles. The number of hydrogen-bond acceptors (Lipinski definition) is 7. The molecule has 20 heavy (non-hydrogen) atoms. The van der Waals surface area contributed by atoms with Gasteiger partial charge in [-0.15, -0.1) is 0 Å². The molecule has 0 N–H and O–H groups in total. The largest absolute Gasteiger partial charge is 0.438 e. The van der Waals surface area contributed by atoms with E-state index in [2.05, 4.69) is 4.74 Å². The molecule has 0 aromatic rings. The van der Waals surface area contributed by atoms with Crippen LogP contribution in [0.25, 0.3) is 0 Å². The van der Waals surface area contributed by atoms with Crippen LogP contribution in [0.5, 0.6) is 0 Å². The Morgan fingerprint density at radius 2 is 1.50 bits per heavy atom. The van der Waals surface area contributed by atoms with E-state index in [1.54, 1.807) is 0 Å². The predicted octanol–water partition coefficient (Wildman–Crippen LogP) is -0.848. The first-order valence-electron chi connectivity index (χ1n) is 5.60. The van der Waals surface area contributed by atoms with Crippen LogP contribution in [0.4, 0.5) is 0 Å². The van der Waals surface area contributed by atoms with E-state index >= 15 is 0 Å². The van der Waals surface area contributed by atoms with Crippen LogP contribution in [-0.4, -0.2) is 52.4 Å². The second kappa shape index (κ2) is 8.61. The molecular weight excluding hydrogens is 283 g/mol. The highest BCUT2D eigenvalue weighted by Crippen LogP contribution is 2.21. The highest BCUT2D eigenvalue weighted by molar-refractivity contribution is 6.10. The van der Waals surface area contributed by atoms with Gasteiger partial charge in [-0.1, -0.05) is 6.92 Å². The Balaban J connectivity index is 0. The van der Waals surface area contributed by atoms with E-state index in [4.69, 9.17) is 4.74 Å². The molecular formula is C12H19AlO7. The second-order valence-electron chi connectivity index (χ2n) is 3.97. The molecule has 0 fully saturated rings. The molecule has 0 radical (unpaired) electrons. The summed E-state index contributed by atoms with van der Waals surface area (Å²) in [5.41, 5.74) is -2.18. The van der Waals surface area contributed by atoms with Crippen molar-refractivity contribution in [2.24, 2.45) is 0 Å². The Hall–Kier alpha value is -1.52. The van der Waals surface area contributed by atoms with Crippen molar-refractivity contribution in [2.45, 2.75) is 46.1 Å². The quantitative estimate of drug-likeness (QED) is 0.357. The van der Waals surface area contributed by atoms with Crippen LogP contribution in [0.3, 0.4) is 0 Å². The zero-order valence-electron chi connectivity index (χ0n) is 11.3. The van der Waals surface area contributed by atoms with E-state index in [0.29, 0.717) is 0 Å². The van der Waals surface area contributed by atoms with Gasteiger partial charge in [-0.3, -0.25) is 19.2 Å². The van der Waals surface area contributed by atoms with Gasteiger partial charge < -0.3 is 9.47 Å². The fraction of sp³-hybridized carbons (Fsp3) is 0.583. The average molecular weight is 302 g/mol. The lowest BCUT2D eigenvalue weighted by atomic mass is 9.95. The molecule has 0 aliphatic rings. The number of carbonyl (C=O) groups is 5. The van der Waals surface area contributed by atoms with Gasteiger partial charge in [-0.25, -0.2) is 4.79 Å². The van der Waals surface area contributed by atoms with Crippen molar-refractivity contribution in [3.8, 4) is 0 Å². The number of esters is 3. The van der Waals surface area contributed by atoms with E-state index < -0.39 is 41.5 Å². The first-order valence-corrected chi connectivity index (χ1v) is 5.60. The summed E-state index contributed by atoms with van der Waals surface area (Å²) in [5, 5.41) is 0. The Morgan fingerprint density at radius 3 is 1.80 bits per heavy atom. The molecule has 0 rings (SSSR count). The number of Topliss-reactive ketones (excluding diaryl/α,β-unsaturated/α-hetero) is 2. The molecule has 0 bridgehead atoms. The third-order valence-electron chi connectivity index (χ3n) is 2.31. The monoisotopic (exact) mass is 302 g/mol. The highest BCUT2D eigenvalue weighted by Gasteiger charge is 2.48. The summed E-state index contributed by atoms with van der Waals surface area (Å²) in [5.74, 6) is -4.46. The van der Waals surface area contributed by atoms with Crippen molar-refractivity contribution in [1.29, 1.82) is 0 Å². The van der Waals surface area contributed by atoms with Gasteiger partial charge >= 0.3 is 17.9 Å². The van der Waals surface area contributed by atoms with E-state index in [1.165, 1.54) is 6.92 Å². The van der Waals surface area contributed by atoms with Crippen LogP contribution in [0.15, 0.2) is 0 Å². The summed E-state index contributed by atoms with van der Waals surface area (Å²) in [7, 11) is 0. The topological polar surface area (TPSA) is 104 Å². The number of carbonyl (C=O) groups excluding carboxylic acids is 5. The number of ether oxygens (including phenoxy) is 2. The van der Waals surface area contributed by atoms with Gasteiger partial charge in [0.25, 0.3) is 5.60 Å². The molecule has 8 heteroatoms. The summed E-state index contributed by atoms with van der Waals surface area (Å²) in [6.45, 7) is 4.60. The molecule has 1 atom stereocenters. The molecule has 0 aliphatic carbocycles. The van der Waals surface area contributed by atoms with Crippen LogP contribution >= 0.6 is 0 Å². The average Bonchev–Trinajstić information content (AvgIpc) is 2.23. The SMILES string of the molecule is CCC(OC(=O)CC(C)=O)(C(C)=O)C(=O)OC(C)=O.[AlH3]. The summed E-state index contributed by atoms with van der Waals surface area (Å²) < 4.78 is 9.10. The molecule has 0 aromatic heterocycles. The van der Waals surface area contributed by atoms with Crippen molar-refractivity contribution in [2.75, 3.05) is 0 Å². The minimum absolute atomic E-state index is 0. The molecule has 0 spiro atoms. The maximum Gasteiger partial charge on any atom is 0.366 e. The minimum atomic E-state index is -2.18. The second-order valence-corrected chi connectivity index (χ2v) is 3.97. The van der Waals surface area contributed by atoms with Crippen LogP contribution in [-0.2, 0) is 33.4 Å². The molecule has 1 unspecified atom stereocenters. The van der Waals surface area contributed by atoms with Gasteiger partial charge in [0, 0.05) is 13.3 Å². The van der Waals surface area contributed by atoms with Crippen molar-refractivity contribution in [1.82, 2.24) is 0 Å². The Labute approximate surface area is 127 Å². The zero-order chi connectivity index (χ0) is 15.2. The van der Waals surface area contributed by atoms with Crippen LogP contribution in [0.1, 0.15) is 40.5 Å². The van der Waals surface area contributed by atoms with Crippen LogP contribution in [0, 0.1) is 0 Å². The summed E-state index contributed by atoms with van der Waals surface area (Å²) in [4.78, 5) is 56.3. The fourth-order valence-electron chi connectivity index (χ4n) is 1.37. The van der Waals surface area contributed by atoms with E-state index in [-0.39, 0.29) is 23.8 Å². The van der Waals surface area contributed by atoms with Crippen LogP contribution in [0.2, 0.25) is 0 Å². The first kappa shape index (κ1) is 20.8. The Morgan fingerprint density at radius 1 is 1.00 bits per heavy atom. The number of ketones is 2. The lowest BCUT2D eigenvalue weighted by molar-refractivity contribution is -0.188. The van der Waals surface area contributed by atoms with Gasteiger partial charge in [0.15, 0.2) is 23.1 Å². The summed E-state index contributed by atoms with van der Waals surface area (Å²) >= 11 is 0. The predicted molar refractivity (Wildman–Crippen MR) is 71.8 cm³/mol. The molecule has 0 saturated carbocycles. The third-order valence-corrected chi connectivity index (χ3v) is 2.31. The molecule has 0 aromatic carbocycles. The van der Waals surface area contributed by atoms with E-state index in [0.717, 1.165) is 20.8 Å². The lowest BCUT2D eigenvalue weighted by Gasteiger charge is -2.26. The number of rotatable bonds is 6. The Bertz CT molecular complexity index is 430. The van der Waals surface area contributed by atoms with E-state index in [9.17, 15) is 24.0 Å². The molecule has 7 nitrogen and oxygen atoms in total. The standard InChI is InChI=1S/C12H16O7.Al.3H/c1-5-12(8(3)14,11(17)18-9(4)15)19-10(16)6-7(2)13;;;;/h5-6H2,1-4H3;;;;. The van der Waals surface area contributed by atoms with Gasteiger partial charge in [-0.05, 0) is 13.8 Å². The maximum atomic E-state index is 11.7. The molecule has 0 saturated heterocycles. The highest BCUT2D eigenvalue weighted by atomic mass is 27.0. The molecule has 112 valence electrons. The summed E-state index contributed by atoms with van der Waals surface area (Å²) in [6, 6.07) is 0. The minimum Gasteiger partial charge on any atom is -0.438 e. The lowest BCUT2D eigenvalue weighted by Crippen LogP contribution is -2.50. The normalized spacial score (nSPS) is 12.4. The fourth-order valence-corrected chi connectivity index (χ4v) is 1.37. The first-order chi connectivity index (χ1) is 8.65. The van der Waals surface area contributed by atoms with Crippen LogP contribution < -0.4 is 0 Å². The maximum absolute atomic E-state index is 11.7. The summed E-state index contributed by atoms with van der Waals surface area (Å²) in [6.07, 6.45) is -0.763. The van der Waals surface area contributed by atoms with Crippen molar-refractivity contribution in [3.63, 3.8) is 0 Å². The molecule has 0 aliphatic heterocycles. The number of hydrogen-bond donors (Lipinski definition) is 0. The van der Waals surface area contributed by atoms with Crippen molar-refractivity contribution in [3.05, 3.63) is 0 Å².